The lowest BCUT2D eigenvalue weighted by Gasteiger charge is -2.73. The summed E-state index contributed by atoms with van der Waals surface area (Å²) in [6.07, 6.45) is 2.66. The molecule has 1 atom stereocenters. The lowest BCUT2D eigenvalue weighted by atomic mass is 9.38. The van der Waals surface area contributed by atoms with Gasteiger partial charge >= 0.3 is 0 Å². The van der Waals surface area contributed by atoms with Gasteiger partial charge in [-0.1, -0.05) is 36.2 Å². The molecule has 5 rings (SSSR count). The summed E-state index contributed by atoms with van der Waals surface area (Å²) in [5.41, 5.74) is -0.267. The van der Waals surface area contributed by atoms with Crippen molar-refractivity contribution in [2.75, 3.05) is 12.3 Å². The predicted octanol–water partition coefficient (Wildman–Crippen LogP) is 3.74. The van der Waals surface area contributed by atoms with Crippen LogP contribution in [0.5, 0.6) is 0 Å². The van der Waals surface area contributed by atoms with Crippen molar-refractivity contribution in [1.29, 1.82) is 0 Å². The summed E-state index contributed by atoms with van der Waals surface area (Å²) in [6, 6.07) is 4.77. The minimum atomic E-state index is -3.45. The van der Waals surface area contributed by atoms with Crippen molar-refractivity contribution in [3.05, 3.63) is 33.8 Å². The highest BCUT2D eigenvalue weighted by molar-refractivity contribution is 7.89. The first-order valence-electron chi connectivity index (χ1n) is 11.5. The molecular weight excluding hydrogens is 483 g/mol. The molecule has 4 aliphatic rings. The number of halogens is 2. The van der Waals surface area contributed by atoms with Gasteiger partial charge in [-0.2, -0.15) is 4.31 Å². The quantitative estimate of drug-likeness (QED) is 0.524. The Bertz CT molecular complexity index is 1080. The fourth-order valence-corrected chi connectivity index (χ4v) is 7.79. The van der Waals surface area contributed by atoms with Gasteiger partial charge in [-0.05, 0) is 64.2 Å². The molecule has 1 aromatic rings. The van der Waals surface area contributed by atoms with E-state index >= 15 is 0 Å². The lowest BCUT2D eigenvalue weighted by molar-refractivity contribution is -0.151. The zero-order valence-corrected chi connectivity index (χ0v) is 21.9. The fraction of sp³-hybridized carbons (Fsp3) is 0.652. The molecule has 33 heavy (non-hydrogen) atoms. The third-order valence-electron chi connectivity index (χ3n) is 7.12. The number of likely N-dealkylation sites (N-methyl/N-ethyl adjacent to an activating group) is 1. The minimum absolute atomic E-state index is 0.0851. The van der Waals surface area contributed by atoms with E-state index in [1.165, 1.54) is 0 Å². The molecule has 1 heterocycles. The largest absolute Gasteiger partial charge is 0.366 e. The van der Waals surface area contributed by atoms with Crippen molar-refractivity contribution in [3.63, 3.8) is 0 Å². The Morgan fingerprint density at radius 3 is 2.45 bits per heavy atom. The first-order chi connectivity index (χ1) is 15.4. The van der Waals surface area contributed by atoms with Crippen LogP contribution in [-0.2, 0) is 21.4 Å². The van der Waals surface area contributed by atoms with E-state index in [-0.39, 0.29) is 23.6 Å². The van der Waals surface area contributed by atoms with Gasteiger partial charge in [-0.25, -0.2) is 8.42 Å². The van der Waals surface area contributed by atoms with Crippen molar-refractivity contribution < 1.29 is 13.2 Å². The first kappa shape index (κ1) is 24.8. The number of nitrogens with zero attached hydrogens (tertiary/aromatic N) is 2. The predicted molar refractivity (Wildman–Crippen MR) is 132 cm³/mol. The molecule has 1 amide bonds. The van der Waals surface area contributed by atoms with Crippen molar-refractivity contribution in [1.82, 2.24) is 14.9 Å². The Morgan fingerprint density at radius 1 is 1.21 bits per heavy atom. The second kappa shape index (κ2) is 8.40. The fourth-order valence-electron chi connectivity index (χ4n) is 5.61. The highest BCUT2D eigenvalue weighted by Gasteiger charge is 2.75. The van der Waals surface area contributed by atoms with E-state index in [1.54, 1.807) is 16.4 Å². The summed E-state index contributed by atoms with van der Waals surface area (Å²) < 4.78 is 28.2. The molecular formula is C23H32Cl2N4O3S. The number of hydrogen-bond donors (Lipinski definition) is 2. The number of aliphatic imine (C=N–C) groups is 1. The van der Waals surface area contributed by atoms with Gasteiger partial charge in [0.2, 0.25) is 15.9 Å². The molecule has 2 N–H and O–H groups in total. The molecule has 1 aromatic carbocycles. The second-order valence-electron chi connectivity index (χ2n) is 10.2. The van der Waals surface area contributed by atoms with Gasteiger partial charge in [-0.3, -0.25) is 9.79 Å². The third-order valence-corrected chi connectivity index (χ3v) is 9.97. The molecule has 0 aromatic heterocycles. The van der Waals surface area contributed by atoms with E-state index in [0.29, 0.717) is 42.3 Å². The molecule has 1 aliphatic heterocycles. The van der Waals surface area contributed by atoms with Gasteiger partial charge in [-0.15, -0.1) is 0 Å². The van der Waals surface area contributed by atoms with Gasteiger partial charge in [0, 0.05) is 24.0 Å². The molecule has 10 heteroatoms. The third kappa shape index (κ3) is 4.17. The van der Waals surface area contributed by atoms with Crippen LogP contribution in [0.15, 0.2) is 23.2 Å². The van der Waals surface area contributed by atoms with E-state index < -0.39 is 27.1 Å². The monoisotopic (exact) mass is 514 g/mol. The average molecular weight is 516 g/mol. The number of rotatable bonds is 9. The van der Waals surface area contributed by atoms with Crippen molar-refractivity contribution in [2.45, 2.75) is 77.0 Å². The molecule has 7 nitrogen and oxygen atoms in total. The van der Waals surface area contributed by atoms with Crippen LogP contribution in [0.4, 0.5) is 0 Å². The maximum atomic E-state index is 13.3. The molecule has 3 fully saturated rings. The molecule has 2 bridgehead atoms. The van der Waals surface area contributed by atoms with Gasteiger partial charge < -0.3 is 10.6 Å². The van der Waals surface area contributed by atoms with E-state index in [0.717, 1.165) is 11.4 Å². The highest BCUT2D eigenvalue weighted by Crippen LogP contribution is 2.71. The molecule has 0 spiro atoms. The smallest absolute Gasteiger partial charge is 0.247 e. The van der Waals surface area contributed by atoms with Crippen molar-refractivity contribution in [3.8, 4) is 0 Å². The number of carbonyl (C=O) groups excluding carboxylic acids is 1. The molecule has 0 radical (unpaired) electrons. The number of amidine groups is 1. The number of benzene rings is 1. The SMILES string of the molecule is CCCS(=O)(=O)N(Cc1ccc(Cl)c(Cl)c1)C12CC(C3=N[C@@H](C(=O)NCC)C(C)(C)N3)(C1)C2. The Kier molecular flexibility index (Phi) is 6.30. The summed E-state index contributed by atoms with van der Waals surface area (Å²) in [6.45, 7) is 8.55. The number of hydrogen-bond acceptors (Lipinski definition) is 5. The zero-order valence-electron chi connectivity index (χ0n) is 19.5. The molecule has 182 valence electrons. The molecule has 3 saturated carbocycles. The Balaban J connectivity index is 1.56. The van der Waals surface area contributed by atoms with Crippen LogP contribution in [0.1, 0.15) is 58.9 Å². The summed E-state index contributed by atoms with van der Waals surface area (Å²) in [5.74, 6) is 0.861. The van der Waals surface area contributed by atoms with Crippen molar-refractivity contribution in [2.24, 2.45) is 10.4 Å². The molecule has 0 saturated heterocycles. The van der Waals surface area contributed by atoms with Crippen LogP contribution in [0.25, 0.3) is 0 Å². The first-order valence-corrected chi connectivity index (χ1v) is 13.8. The number of amides is 1. The molecule has 0 unspecified atom stereocenters. The Hall–Kier alpha value is -1.35. The lowest BCUT2D eigenvalue weighted by Crippen LogP contribution is -2.78. The van der Waals surface area contributed by atoms with E-state index in [2.05, 4.69) is 10.6 Å². The minimum Gasteiger partial charge on any atom is -0.366 e. The van der Waals surface area contributed by atoms with Crippen LogP contribution in [-0.4, -0.2) is 53.9 Å². The summed E-state index contributed by atoms with van der Waals surface area (Å²) in [4.78, 5) is 17.3. The van der Waals surface area contributed by atoms with Crippen LogP contribution < -0.4 is 10.6 Å². The van der Waals surface area contributed by atoms with Gasteiger partial charge in [0.05, 0.1) is 21.3 Å². The topological polar surface area (TPSA) is 90.9 Å². The van der Waals surface area contributed by atoms with Gasteiger partial charge in [0.15, 0.2) is 6.04 Å². The van der Waals surface area contributed by atoms with Crippen LogP contribution in [0.2, 0.25) is 10.0 Å². The van der Waals surface area contributed by atoms with E-state index in [4.69, 9.17) is 28.2 Å². The standard InChI is InChI=1S/C23H32Cl2N4O3S/c1-5-9-33(31,32)29(11-15-7-8-16(24)17(25)10-15)23-12-22(13-23,14-23)20-27-18(19(30)26-6-2)21(3,4)28-20/h7-8,10,18H,5-6,9,11-14H2,1-4H3,(H,26,30)(H,27,28)/t18-,22?,23?/m0/s1. The average Bonchev–Trinajstić information content (AvgIpc) is 2.97. The second-order valence-corrected chi connectivity index (χ2v) is 13.1. The Morgan fingerprint density at radius 2 is 1.88 bits per heavy atom. The zero-order chi connectivity index (χ0) is 24.2. The normalized spacial score (nSPS) is 29.7. The van der Waals surface area contributed by atoms with Crippen LogP contribution in [0.3, 0.4) is 0 Å². The summed E-state index contributed by atoms with van der Waals surface area (Å²) in [7, 11) is -3.45. The number of sulfonamides is 1. The van der Waals surface area contributed by atoms with Crippen LogP contribution in [0, 0.1) is 5.41 Å². The maximum absolute atomic E-state index is 13.3. The van der Waals surface area contributed by atoms with Gasteiger partial charge in [0.1, 0.15) is 5.84 Å². The number of carbonyl (C=O) groups is 1. The van der Waals surface area contributed by atoms with Crippen molar-refractivity contribution >= 4 is 45.0 Å². The maximum Gasteiger partial charge on any atom is 0.247 e. The molecule has 3 aliphatic carbocycles. The van der Waals surface area contributed by atoms with E-state index in [1.807, 2.05) is 33.8 Å². The Labute approximate surface area is 206 Å². The van der Waals surface area contributed by atoms with Gasteiger partial charge in [0.25, 0.3) is 0 Å². The number of nitrogens with one attached hydrogen (secondary N) is 2. The van der Waals surface area contributed by atoms with E-state index in [9.17, 15) is 13.2 Å². The summed E-state index contributed by atoms with van der Waals surface area (Å²) >= 11 is 12.2. The van der Waals surface area contributed by atoms with Crippen LogP contribution >= 0.6 is 23.2 Å². The highest BCUT2D eigenvalue weighted by atomic mass is 35.5. The summed E-state index contributed by atoms with van der Waals surface area (Å²) in [5, 5.41) is 7.20.